The molecule has 6 N–H and O–H groups in total. The van der Waals surface area contributed by atoms with Crippen LogP contribution in [0.1, 0.15) is 136 Å². The fourth-order valence-electron chi connectivity index (χ4n) is 11.2. The molecular weight excluding hydrogens is 997 g/mol. The first-order valence-electron chi connectivity index (χ1n) is 28.3. The molecule has 79 heavy (non-hydrogen) atoms. The van der Waals surface area contributed by atoms with Crippen LogP contribution < -0.4 is 36.6 Å². The summed E-state index contributed by atoms with van der Waals surface area (Å²) in [6.07, 6.45) is 10.4. The standard InChI is InChI=1S/C63H80N8O8/c1-8-39(2)56(72)67-52(61(77)71-34-14-13-25-54(71)60(76)66-51-24-16-20-44-18-10-12-22-48(44)51)35-41-28-32-46(33-29-41)79-38-42-26-30-45(31-27-42)58(74)68-53-37-70(62(78)55(63(4,5)6)69-57(73)40(3)64-7)36-49(53)59(75)65-50-23-15-19-43-17-9-11-21-47(43)50/h9-14,17-18,21-22,26-33,39-40,49-55,64H,8,15-16,19-20,23-25,34-38H2,1-7H3,(H,65,75)(H,66,76)(H,67,72)(H,68,74)(H,69,73)/t39-,40+,49+,50-,51-,52+,53-,54+,55-/m1/s1. The van der Waals surface area contributed by atoms with Crippen molar-refractivity contribution in [2.45, 2.75) is 148 Å². The zero-order valence-corrected chi connectivity index (χ0v) is 46.9. The third-order valence-electron chi connectivity index (χ3n) is 16.3. The van der Waals surface area contributed by atoms with Crippen LogP contribution in [0.2, 0.25) is 0 Å². The second kappa shape index (κ2) is 26.1. The molecule has 2 heterocycles. The molecule has 0 spiro atoms. The zero-order chi connectivity index (χ0) is 56.4. The number of rotatable bonds is 19. The molecular formula is C63H80N8O8. The van der Waals surface area contributed by atoms with Crippen LogP contribution in [-0.2, 0) is 54.6 Å². The zero-order valence-electron chi connectivity index (χ0n) is 46.9. The van der Waals surface area contributed by atoms with Crippen LogP contribution in [0, 0.1) is 17.3 Å². The Balaban J connectivity index is 0.904. The van der Waals surface area contributed by atoms with Gasteiger partial charge in [-0.2, -0.15) is 0 Å². The maximum absolute atomic E-state index is 14.5. The van der Waals surface area contributed by atoms with Gasteiger partial charge in [0, 0.05) is 37.5 Å². The van der Waals surface area contributed by atoms with Gasteiger partial charge in [-0.15, -0.1) is 0 Å². The topological polar surface area (TPSA) is 207 Å². The van der Waals surface area contributed by atoms with E-state index in [4.69, 9.17) is 4.74 Å². The molecule has 4 aromatic carbocycles. The molecule has 4 aliphatic rings. The van der Waals surface area contributed by atoms with E-state index in [0.717, 1.165) is 60.8 Å². The molecule has 0 bridgehead atoms. The van der Waals surface area contributed by atoms with E-state index < -0.39 is 47.4 Å². The highest BCUT2D eigenvalue weighted by molar-refractivity contribution is 5.96. The van der Waals surface area contributed by atoms with Gasteiger partial charge in [0.2, 0.25) is 35.4 Å². The van der Waals surface area contributed by atoms with Crippen molar-refractivity contribution < 1.29 is 38.3 Å². The number of fused-ring (bicyclic) bond motifs is 2. The number of carbonyl (C=O) groups excluding carboxylic acids is 7. The van der Waals surface area contributed by atoms with E-state index in [-0.39, 0.29) is 86.1 Å². The molecule has 7 amide bonds. The Kier molecular flexibility index (Phi) is 19.1. The largest absolute Gasteiger partial charge is 0.489 e. The predicted molar refractivity (Wildman–Crippen MR) is 303 cm³/mol. The molecule has 16 heteroatoms. The minimum absolute atomic E-state index is 0.0620. The fraction of sp³-hybridized carbons (Fsp3) is 0.476. The van der Waals surface area contributed by atoms with Crippen LogP contribution in [0.15, 0.2) is 109 Å². The predicted octanol–water partition coefficient (Wildman–Crippen LogP) is 6.58. The van der Waals surface area contributed by atoms with Gasteiger partial charge in [-0.25, -0.2) is 0 Å². The van der Waals surface area contributed by atoms with Gasteiger partial charge >= 0.3 is 0 Å². The lowest BCUT2D eigenvalue weighted by Crippen LogP contribution is -2.58. The van der Waals surface area contributed by atoms with Gasteiger partial charge in [-0.1, -0.05) is 120 Å². The average molecular weight is 1080 g/mol. The van der Waals surface area contributed by atoms with E-state index in [1.807, 2.05) is 101 Å². The number of likely N-dealkylation sites (N-methyl/N-ethyl adjacent to an activating group) is 1. The molecule has 2 aliphatic heterocycles. The van der Waals surface area contributed by atoms with Gasteiger partial charge < -0.3 is 46.4 Å². The Bertz CT molecular complexity index is 2860. The lowest BCUT2D eigenvalue weighted by molar-refractivity contribution is -0.143. The Labute approximate surface area is 465 Å². The molecule has 420 valence electrons. The number of amides is 7. The first-order valence-corrected chi connectivity index (χ1v) is 28.3. The Morgan fingerprint density at radius 2 is 1.29 bits per heavy atom. The molecule has 8 rings (SSSR count). The Hall–Kier alpha value is -7.33. The highest BCUT2D eigenvalue weighted by Gasteiger charge is 2.46. The third kappa shape index (κ3) is 14.3. The molecule has 1 fully saturated rings. The van der Waals surface area contributed by atoms with E-state index in [0.29, 0.717) is 24.2 Å². The van der Waals surface area contributed by atoms with Crippen molar-refractivity contribution in [1.29, 1.82) is 0 Å². The van der Waals surface area contributed by atoms with Gasteiger partial charge in [0.15, 0.2) is 0 Å². The first-order chi connectivity index (χ1) is 37.9. The highest BCUT2D eigenvalue weighted by Crippen LogP contribution is 2.33. The van der Waals surface area contributed by atoms with Crippen LogP contribution >= 0.6 is 0 Å². The summed E-state index contributed by atoms with van der Waals surface area (Å²) in [7, 11) is 1.68. The van der Waals surface area contributed by atoms with Crippen LogP contribution in [0.5, 0.6) is 5.75 Å². The Morgan fingerprint density at radius 1 is 0.684 bits per heavy atom. The van der Waals surface area contributed by atoms with E-state index >= 15 is 0 Å². The van der Waals surface area contributed by atoms with E-state index in [2.05, 4.69) is 50.1 Å². The number of ether oxygens (including phenoxy) is 1. The van der Waals surface area contributed by atoms with Crippen molar-refractivity contribution in [3.63, 3.8) is 0 Å². The highest BCUT2D eigenvalue weighted by atomic mass is 16.5. The van der Waals surface area contributed by atoms with Crippen molar-refractivity contribution in [3.8, 4) is 5.75 Å². The SMILES string of the molecule is CC[C@@H](C)C(=O)N[C@@H](Cc1ccc(OCc2ccc(C(=O)N[C@@H]3CN(C(=O)[C@@H](NC(=O)[C@H](C)NC)C(C)(C)C)C[C@@H]3C(=O)N[C@@H]3CCCc4ccccc43)cc2)cc1)C(=O)N1CC=CC[C@H]1C(=O)N[C@@H]1CCCc2ccccc21. The van der Waals surface area contributed by atoms with Gasteiger partial charge in [0.25, 0.3) is 5.91 Å². The maximum atomic E-state index is 14.5. The molecule has 16 nitrogen and oxygen atoms in total. The normalized spacial score (nSPS) is 21.2. The van der Waals surface area contributed by atoms with Gasteiger partial charge in [-0.3, -0.25) is 33.6 Å². The molecule has 9 atom stereocenters. The summed E-state index contributed by atoms with van der Waals surface area (Å²) < 4.78 is 6.17. The number of aryl methyl sites for hydroxylation is 2. The van der Waals surface area contributed by atoms with Gasteiger partial charge in [-0.05, 0) is 128 Å². The van der Waals surface area contributed by atoms with Gasteiger partial charge in [0.1, 0.15) is 30.5 Å². The van der Waals surface area contributed by atoms with Gasteiger partial charge in [0.05, 0.1) is 30.1 Å². The molecule has 0 unspecified atom stereocenters. The molecule has 0 aromatic heterocycles. The number of benzene rings is 4. The molecule has 1 saturated heterocycles. The molecule has 2 aliphatic carbocycles. The second-order valence-electron chi connectivity index (χ2n) is 23.0. The smallest absolute Gasteiger partial charge is 0.251 e. The number of nitrogens with one attached hydrogen (secondary N) is 6. The van der Waals surface area contributed by atoms with E-state index in [1.54, 1.807) is 48.0 Å². The summed E-state index contributed by atoms with van der Waals surface area (Å²) in [5.74, 6) is -2.54. The Morgan fingerprint density at radius 3 is 1.90 bits per heavy atom. The molecule has 0 saturated carbocycles. The number of carbonyl (C=O) groups is 7. The summed E-state index contributed by atoms with van der Waals surface area (Å²) in [5, 5.41) is 18.5. The fourth-order valence-corrected chi connectivity index (χ4v) is 11.2. The van der Waals surface area contributed by atoms with Crippen LogP contribution in [0.3, 0.4) is 0 Å². The summed E-state index contributed by atoms with van der Waals surface area (Å²) >= 11 is 0. The second-order valence-corrected chi connectivity index (χ2v) is 23.0. The number of likely N-dealkylation sites (tertiary alicyclic amines) is 1. The van der Waals surface area contributed by atoms with Crippen molar-refractivity contribution in [3.05, 3.63) is 148 Å². The minimum atomic E-state index is -0.911. The number of nitrogens with zero attached hydrogens (tertiary/aromatic N) is 2. The first kappa shape index (κ1) is 57.8. The van der Waals surface area contributed by atoms with Crippen molar-refractivity contribution in [1.82, 2.24) is 41.7 Å². The number of hydrogen-bond acceptors (Lipinski definition) is 9. The summed E-state index contributed by atoms with van der Waals surface area (Å²) in [6.45, 7) is 11.7. The lowest BCUT2D eigenvalue weighted by Gasteiger charge is -2.36. The summed E-state index contributed by atoms with van der Waals surface area (Å²) in [5.41, 5.74) is 5.94. The maximum Gasteiger partial charge on any atom is 0.251 e. The van der Waals surface area contributed by atoms with Crippen molar-refractivity contribution in [2.75, 3.05) is 26.7 Å². The summed E-state index contributed by atoms with van der Waals surface area (Å²) in [4.78, 5) is 101. The quantitative estimate of drug-likeness (QED) is 0.0561. The monoisotopic (exact) mass is 1080 g/mol. The molecule has 4 aromatic rings. The third-order valence-corrected chi connectivity index (χ3v) is 16.3. The number of hydrogen-bond donors (Lipinski definition) is 6. The summed E-state index contributed by atoms with van der Waals surface area (Å²) in [6, 6.07) is 26.5. The molecule has 0 radical (unpaired) electrons. The minimum Gasteiger partial charge on any atom is -0.489 e. The van der Waals surface area contributed by atoms with Crippen LogP contribution in [0.25, 0.3) is 0 Å². The van der Waals surface area contributed by atoms with E-state index in [1.165, 1.54) is 11.1 Å². The van der Waals surface area contributed by atoms with Crippen LogP contribution in [-0.4, -0.2) is 108 Å². The van der Waals surface area contributed by atoms with Crippen molar-refractivity contribution in [2.24, 2.45) is 17.3 Å². The van der Waals surface area contributed by atoms with E-state index in [9.17, 15) is 33.6 Å². The van der Waals surface area contributed by atoms with Crippen molar-refractivity contribution >= 4 is 41.4 Å². The average Bonchev–Trinajstić information content (AvgIpc) is 3.98. The lowest BCUT2D eigenvalue weighted by atomic mass is 9.85. The van der Waals surface area contributed by atoms with Crippen LogP contribution in [0.4, 0.5) is 0 Å².